The van der Waals surface area contributed by atoms with Gasteiger partial charge in [-0.15, -0.1) is 0 Å². The number of nitrogens with one attached hydrogen (secondary N) is 1. The van der Waals surface area contributed by atoms with Gasteiger partial charge in [0.2, 0.25) is 5.88 Å². The minimum absolute atomic E-state index is 0.111. The van der Waals surface area contributed by atoms with Crippen molar-refractivity contribution in [2.45, 2.75) is 100 Å². The number of pyridine rings is 2. The summed E-state index contributed by atoms with van der Waals surface area (Å²) in [5.74, 6) is 2.20. The van der Waals surface area contributed by atoms with Crippen LogP contribution in [0.25, 0.3) is 21.9 Å². The molecule has 9 rings (SSSR count). The highest BCUT2D eigenvalue weighted by Crippen LogP contribution is 2.42. The van der Waals surface area contributed by atoms with Gasteiger partial charge in [0.25, 0.3) is 17.4 Å². The maximum atomic E-state index is 13.8. The zero-order chi connectivity index (χ0) is 48.0. The third-order valence-electron chi connectivity index (χ3n) is 11.6. The van der Waals surface area contributed by atoms with Crippen molar-refractivity contribution >= 4 is 80.2 Å². The topological polar surface area (TPSA) is 140 Å². The van der Waals surface area contributed by atoms with E-state index in [1.807, 2.05) is 97.9 Å². The van der Waals surface area contributed by atoms with E-state index in [9.17, 15) is 14.4 Å². The van der Waals surface area contributed by atoms with Crippen molar-refractivity contribution in [3.8, 4) is 17.4 Å². The number of nitrogens with zero attached hydrogens (tertiary/aromatic N) is 3. The Morgan fingerprint density at radius 1 is 0.687 bits per heavy atom. The maximum Gasteiger partial charge on any atom is 0.256 e. The summed E-state index contributed by atoms with van der Waals surface area (Å²) in [5.41, 5.74) is 6.77. The Balaban J connectivity index is 0.000000186. The molecule has 7 aromatic rings. The molecule has 6 heterocycles. The fraction of sp³-hybridized carbons (Fsp3) is 0.333. The number of aryl methyl sites for hydroxylation is 4. The van der Waals surface area contributed by atoms with Gasteiger partial charge in [0, 0.05) is 51.7 Å². The Labute approximate surface area is 408 Å². The van der Waals surface area contributed by atoms with E-state index in [1.54, 1.807) is 21.9 Å². The molecule has 16 heteroatoms. The summed E-state index contributed by atoms with van der Waals surface area (Å²) in [6.07, 6.45) is 0.875. The molecule has 67 heavy (non-hydrogen) atoms. The van der Waals surface area contributed by atoms with Crippen molar-refractivity contribution in [2.75, 3.05) is 13.1 Å². The van der Waals surface area contributed by atoms with Gasteiger partial charge in [-0.1, -0.05) is 76.7 Å². The lowest BCUT2D eigenvalue weighted by Gasteiger charge is -2.31. The average Bonchev–Trinajstić information content (AvgIpc) is 3.87. The van der Waals surface area contributed by atoms with Crippen molar-refractivity contribution in [1.82, 2.24) is 19.8 Å². The van der Waals surface area contributed by atoms with Gasteiger partial charge in [-0.05, 0) is 97.1 Å². The van der Waals surface area contributed by atoms with E-state index in [2.05, 4.69) is 4.98 Å². The second kappa shape index (κ2) is 19.5. The number of hydrogen-bond donors (Lipinski definition) is 1. The van der Waals surface area contributed by atoms with Crippen LogP contribution in [0.2, 0.25) is 20.1 Å². The number of carbonyl (C=O) groups is 2. The zero-order valence-corrected chi connectivity index (χ0v) is 41.4. The lowest BCUT2D eigenvalue weighted by molar-refractivity contribution is 0.0718. The Kier molecular flexibility index (Phi) is 13.9. The van der Waals surface area contributed by atoms with Crippen LogP contribution in [0.5, 0.6) is 17.4 Å². The molecule has 3 aromatic carbocycles. The van der Waals surface area contributed by atoms with Crippen LogP contribution in [0.15, 0.2) is 68.2 Å². The van der Waals surface area contributed by atoms with Gasteiger partial charge >= 0.3 is 0 Å². The molecular weight excluding hydrogens is 938 g/mol. The van der Waals surface area contributed by atoms with E-state index >= 15 is 0 Å². The van der Waals surface area contributed by atoms with Gasteiger partial charge in [-0.2, -0.15) is 0 Å². The number of fused-ring (bicyclic) bond motifs is 4. The van der Waals surface area contributed by atoms with Crippen molar-refractivity contribution in [3.05, 3.63) is 147 Å². The first-order valence-corrected chi connectivity index (χ1v) is 23.5. The average molecular weight is 989 g/mol. The number of aromatic nitrogens is 2. The van der Waals surface area contributed by atoms with Crippen molar-refractivity contribution in [3.63, 3.8) is 0 Å². The van der Waals surface area contributed by atoms with Crippen LogP contribution in [-0.4, -0.2) is 56.9 Å². The van der Waals surface area contributed by atoms with Crippen molar-refractivity contribution in [2.24, 2.45) is 0 Å². The molecule has 0 spiro atoms. The third-order valence-corrected chi connectivity index (χ3v) is 13.1. The minimum Gasteiger partial charge on any atom is -0.489 e. The standard InChI is InChI=1S/C29H28Cl2N2O4.C22H22Cl2N2O4/c1-16(2)36-24-13-23(30)20-10-11-33(29(34)25(20)26(24)31)14-22-27-21(12-17(3)37-27)18(4)32-28(22)35-15-19-8-6-5-7-9-19;1-10(2)29-17-8-16(23)13-5-6-26(22(28)18(13)19(17)24)9-15-20-14(7-11(3)30-20)12(4)25-21(15)27/h5-9,12-13,16H,10-11,14-15H2,1-4H3;7-8,10H,5-6,9H2,1-4H3,(H,25,27). The first kappa shape index (κ1) is 47.8. The van der Waals surface area contributed by atoms with Crippen LogP contribution < -0.4 is 19.8 Å². The monoisotopic (exact) mass is 986 g/mol. The largest absolute Gasteiger partial charge is 0.489 e. The number of benzene rings is 3. The van der Waals surface area contributed by atoms with Gasteiger partial charge in [-0.25, -0.2) is 4.98 Å². The van der Waals surface area contributed by atoms with Crippen LogP contribution in [0, 0.1) is 27.7 Å². The van der Waals surface area contributed by atoms with Crippen LogP contribution in [0.3, 0.4) is 0 Å². The minimum atomic E-state index is -0.284. The molecule has 0 aliphatic carbocycles. The number of rotatable bonds is 11. The molecule has 0 fully saturated rings. The Bertz CT molecular complexity index is 3120. The van der Waals surface area contributed by atoms with Crippen LogP contribution in [0.1, 0.15) is 99.1 Å². The number of carbonyl (C=O) groups excluding carboxylic acids is 2. The molecular formula is C51H50Cl4N4O8. The van der Waals surface area contributed by atoms with E-state index in [-0.39, 0.29) is 52.7 Å². The SMILES string of the molecule is Cc1cc2c(C)[nH]c(=O)c(CN3CCc4c(Cl)cc(OC(C)C)c(Cl)c4C3=O)c2o1.Cc1cc2c(C)nc(OCc3ccccc3)c(CN3CCc4c(Cl)cc(OC(C)C)c(Cl)c4C3=O)c2o1. The molecule has 0 atom stereocenters. The van der Waals surface area contributed by atoms with Crippen molar-refractivity contribution in [1.29, 1.82) is 0 Å². The highest BCUT2D eigenvalue weighted by atomic mass is 35.5. The zero-order valence-electron chi connectivity index (χ0n) is 38.4. The second-order valence-corrected chi connectivity index (χ2v) is 18.9. The molecule has 1 N–H and O–H groups in total. The van der Waals surface area contributed by atoms with Crippen LogP contribution in [-0.2, 0) is 32.5 Å². The lowest BCUT2D eigenvalue weighted by atomic mass is 9.97. The molecule has 0 saturated heterocycles. The fourth-order valence-corrected chi connectivity index (χ4v) is 9.70. The molecule has 12 nitrogen and oxygen atoms in total. The molecule has 350 valence electrons. The smallest absolute Gasteiger partial charge is 0.256 e. The highest BCUT2D eigenvalue weighted by Gasteiger charge is 2.34. The number of furan rings is 2. The number of H-pyrrole nitrogens is 1. The van der Waals surface area contributed by atoms with Gasteiger partial charge < -0.3 is 37.8 Å². The van der Waals surface area contributed by atoms with Gasteiger partial charge in [0.1, 0.15) is 40.8 Å². The molecule has 0 bridgehead atoms. The molecule has 0 radical (unpaired) electrons. The molecule has 2 amide bonds. The molecule has 4 aromatic heterocycles. The summed E-state index contributed by atoms with van der Waals surface area (Å²) >= 11 is 26.2. The highest BCUT2D eigenvalue weighted by molar-refractivity contribution is 6.39. The predicted molar refractivity (Wildman–Crippen MR) is 262 cm³/mol. The van der Waals surface area contributed by atoms with E-state index in [1.165, 1.54) is 0 Å². The van der Waals surface area contributed by atoms with Crippen LogP contribution >= 0.6 is 46.4 Å². The second-order valence-electron chi connectivity index (χ2n) is 17.3. The molecule has 2 aliphatic heterocycles. The number of halogens is 4. The Hall–Kier alpha value is -5.66. The summed E-state index contributed by atoms with van der Waals surface area (Å²) in [6, 6.07) is 17.1. The molecule has 0 unspecified atom stereocenters. The van der Waals surface area contributed by atoms with E-state index < -0.39 is 0 Å². The Morgan fingerprint density at radius 2 is 1.18 bits per heavy atom. The number of amides is 2. The lowest BCUT2D eigenvalue weighted by Crippen LogP contribution is -2.39. The molecule has 2 aliphatic rings. The Morgan fingerprint density at radius 3 is 1.70 bits per heavy atom. The summed E-state index contributed by atoms with van der Waals surface area (Å²) in [5, 5.41) is 3.20. The van der Waals surface area contributed by atoms with E-state index in [0.717, 1.165) is 44.6 Å². The maximum absolute atomic E-state index is 13.8. The summed E-state index contributed by atoms with van der Waals surface area (Å²) in [7, 11) is 0. The van der Waals surface area contributed by atoms with Gasteiger partial charge in [0.05, 0.1) is 63.3 Å². The van der Waals surface area contributed by atoms with E-state index in [0.29, 0.717) is 99.1 Å². The van der Waals surface area contributed by atoms with Gasteiger partial charge in [-0.3, -0.25) is 14.4 Å². The predicted octanol–water partition coefficient (Wildman–Crippen LogP) is 12.3. The normalized spacial score (nSPS) is 13.6. The number of aromatic amines is 1. The van der Waals surface area contributed by atoms with Gasteiger partial charge in [0.15, 0.2) is 0 Å². The first-order valence-electron chi connectivity index (χ1n) is 22.0. The number of ether oxygens (including phenoxy) is 3. The summed E-state index contributed by atoms with van der Waals surface area (Å²) in [6.45, 7) is 16.6. The first-order chi connectivity index (χ1) is 31.9. The number of hydrogen-bond acceptors (Lipinski definition) is 9. The summed E-state index contributed by atoms with van der Waals surface area (Å²) < 4.78 is 29.6. The van der Waals surface area contributed by atoms with E-state index in [4.69, 9.17) is 74.4 Å². The van der Waals surface area contributed by atoms with Crippen LogP contribution in [0.4, 0.5) is 0 Å². The molecule has 0 saturated carbocycles. The third kappa shape index (κ3) is 9.72. The quantitative estimate of drug-likeness (QED) is 0.134. The van der Waals surface area contributed by atoms with Crippen molar-refractivity contribution < 1.29 is 32.6 Å². The summed E-state index contributed by atoms with van der Waals surface area (Å²) in [4.78, 5) is 50.7. The fourth-order valence-electron chi connectivity index (χ4n) is 8.54.